The number of methoxy groups -OCH3 is 1. The van der Waals surface area contributed by atoms with Gasteiger partial charge in [0.15, 0.2) is 0 Å². The van der Waals surface area contributed by atoms with Crippen molar-refractivity contribution in [3.8, 4) is 5.75 Å². The molecule has 1 aliphatic heterocycles. The third kappa shape index (κ3) is 2.37. The summed E-state index contributed by atoms with van der Waals surface area (Å²) >= 11 is 0. The second kappa shape index (κ2) is 5.14. The summed E-state index contributed by atoms with van der Waals surface area (Å²) in [6.45, 7) is 4.55. The summed E-state index contributed by atoms with van der Waals surface area (Å²) < 4.78 is 5.26. The molecule has 1 heterocycles. The van der Waals surface area contributed by atoms with Crippen molar-refractivity contribution >= 4 is 0 Å². The van der Waals surface area contributed by atoms with Crippen molar-refractivity contribution in [1.82, 2.24) is 4.90 Å². The summed E-state index contributed by atoms with van der Waals surface area (Å²) in [6, 6.07) is 6.34. The molecule has 1 aromatic carbocycles. The van der Waals surface area contributed by atoms with Crippen LogP contribution < -0.4 is 4.74 Å². The maximum atomic E-state index is 10.6. The average Bonchev–Trinajstić information content (AvgIpc) is 2.76. The minimum Gasteiger partial charge on any atom is -0.497 e. The second-order valence-electron chi connectivity index (χ2n) is 6.02. The Morgan fingerprint density at radius 3 is 2.95 bits per heavy atom. The van der Waals surface area contributed by atoms with Gasteiger partial charge in [-0.05, 0) is 55.0 Å². The number of piperidine rings is 1. The molecule has 2 aliphatic rings. The van der Waals surface area contributed by atoms with Gasteiger partial charge in [-0.3, -0.25) is 4.90 Å². The van der Waals surface area contributed by atoms with E-state index in [0.29, 0.717) is 0 Å². The zero-order chi connectivity index (χ0) is 13.4. The van der Waals surface area contributed by atoms with Crippen molar-refractivity contribution in [2.75, 3.05) is 20.2 Å². The van der Waals surface area contributed by atoms with Crippen LogP contribution in [-0.2, 0) is 6.42 Å². The molecule has 19 heavy (non-hydrogen) atoms. The van der Waals surface area contributed by atoms with Gasteiger partial charge in [0.2, 0.25) is 0 Å². The molecular weight excluding hydrogens is 238 g/mol. The normalized spacial score (nSPS) is 31.2. The van der Waals surface area contributed by atoms with Crippen LogP contribution in [0.15, 0.2) is 18.2 Å². The van der Waals surface area contributed by atoms with Gasteiger partial charge in [0.25, 0.3) is 0 Å². The van der Waals surface area contributed by atoms with Crippen LogP contribution in [-0.4, -0.2) is 36.2 Å². The van der Waals surface area contributed by atoms with E-state index in [1.54, 1.807) is 7.11 Å². The number of aliphatic hydroxyl groups is 1. The third-order valence-electron chi connectivity index (χ3n) is 4.62. The molecule has 0 spiro atoms. The SMILES string of the molecule is COc1ccc2c(c1)C(O)C(N1CCCC(C)C1)C2. The number of benzene rings is 1. The first-order valence-electron chi connectivity index (χ1n) is 7.28. The molecule has 0 radical (unpaired) electrons. The Morgan fingerprint density at radius 2 is 2.21 bits per heavy atom. The molecule has 1 aliphatic carbocycles. The molecule has 1 aromatic rings. The first-order valence-corrected chi connectivity index (χ1v) is 7.28. The van der Waals surface area contributed by atoms with Crippen molar-refractivity contribution in [2.24, 2.45) is 5.92 Å². The van der Waals surface area contributed by atoms with Gasteiger partial charge in [-0.2, -0.15) is 0 Å². The Bertz CT molecular complexity index is 460. The topological polar surface area (TPSA) is 32.7 Å². The van der Waals surface area contributed by atoms with Crippen molar-refractivity contribution in [3.05, 3.63) is 29.3 Å². The van der Waals surface area contributed by atoms with Crippen LogP contribution in [0, 0.1) is 5.92 Å². The number of nitrogens with zero attached hydrogens (tertiary/aromatic N) is 1. The molecule has 104 valence electrons. The number of hydrogen-bond acceptors (Lipinski definition) is 3. The van der Waals surface area contributed by atoms with E-state index in [2.05, 4.69) is 17.9 Å². The molecule has 3 nitrogen and oxygen atoms in total. The monoisotopic (exact) mass is 261 g/mol. The minimum atomic E-state index is -0.365. The van der Waals surface area contributed by atoms with Crippen LogP contribution in [0.4, 0.5) is 0 Å². The summed E-state index contributed by atoms with van der Waals surface area (Å²) in [4.78, 5) is 2.48. The number of ether oxygens (including phenoxy) is 1. The average molecular weight is 261 g/mol. The predicted molar refractivity (Wildman–Crippen MR) is 75.4 cm³/mol. The molecule has 0 aromatic heterocycles. The lowest BCUT2D eigenvalue weighted by Crippen LogP contribution is -2.44. The highest BCUT2D eigenvalue weighted by Crippen LogP contribution is 2.37. The Morgan fingerprint density at radius 1 is 1.37 bits per heavy atom. The van der Waals surface area contributed by atoms with Crippen molar-refractivity contribution < 1.29 is 9.84 Å². The Kier molecular flexibility index (Phi) is 3.50. The van der Waals surface area contributed by atoms with E-state index < -0.39 is 0 Å². The highest BCUT2D eigenvalue weighted by Gasteiger charge is 2.36. The molecule has 1 fully saturated rings. The molecule has 1 saturated heterocycles. The van der Waals surface area contributed by atoms with Crippen molar-refractivity contribution in [1.29, 1.82) is 0 Å². The summed E-state index contributed by atoms with van der Waals surface area (Å²) in [6.07, 6.45) is 3.17. The predicted octanol–water partition coefficient (Wildman–Crippen LogP) is 2.39. The van der Waals surface area contributed by atoms with Crippen LogP contribution in [0.5, 0.6) is 5.75 Å². The van der Waals surface area contributed by atoms with Crippen LogP contribution in [0.2, 0.25) is 0 Å². The van der Waals surface area contributed by atoms with E-state index in [1.165, 1.54) is 18.4 Å². The Hall–Kier alpha value is -1.06. The first kappa shape index (κ1) is 12.9. The molecule has 3 atom stereocenters. The minimum absolute atomic E-state index is 0.254. The van der Waals surface area contributed by atoms with E-state index in [-0.39, 0.29) is 12.1 Å². The van der Waals surface area contributed by atoms with E-state index >= 15 is 0 Å². The van der Waals surface area contributed by atoms with Crippen LogP contribution in [0.25, 0.3) is 0 Å². The highest BCUT2D eigenvalue weighted by atomic mass is 16.5. The third-order valence-corrected chi connectivity index (χ3v) is 4.62. The van der Waals surface area contributed by atoms with Gasteiger partial charge in [-0.25, -0.2) is 0 Å². The quantitative estimate of drug-likeness (QED) is 0.887. The first-order chi connectivity index (χ1) is 9.19. The summed E-state index contributed by atoms with van der Waals surface area (Å²) in [5.41, 5.74) is 2.33. The smallest absolute Gasteiger partial charge is 0.119 e. The van der Waals surface area contributed by atoms with Crippen molar-refractivity contribution in [3.63, 3.8) is 0 Å². The Labute approximate surface area is 115 Å². The maximum absolute atomic E-state index is 10.6. The van der Waals surface area contributed by atoms with Gasteiger partial charge in [0.05, 0.1) is 13.2 Å². The van der Waals surface area contributed by atoms with Gasteiger partial charge in [-0.15, -0.1) is 0 Å². The van der Waals surface area contributed by atoms with E-state index in [0.717, 1.165) is 36.7 Å². The lowest BCUT2D eigenvalue weighted by Gasteiger charge is -2.37. The van der Waals surface area contributed by atoms with E-state index in [1.807, 2.05) is 12.1 Å². The van der Waals surface area contributed by atoms with Crippen LogP contribution in [0.1, 0.15) is 37.0 Å². The fourth-order valence-electron chi connectivity index (χ4n) is 3.56. The fourth-order valence-corrected chi connectivity index (χ4v) is 3.56. The van der Waals surface area contributed by atoms with Gasteiger partial charge in [-0.1, -0.05) is 13.0 Å². The number of aliphatic hydroxyl groups excluding tert-OH is 1. The van der Waals surface area contributed by atoms with Crippen molar-refractivity contribution in [2.45, 2.75) is 38.3 Å². The molecule has 3 unspecified atom stereocenters. The molecule has 0 bridgehead atoms. The van der Waals surface area contributed by atoms with Crippen LogP contribution in [0.3, 0.4) is 0 Å². The van der Waals surface area contributed by atoms with Gasteiger partial charge in [0, 0.05) is 12.6 Å². The van der Waals surface area contributed by atoms with Gasteiger partial charge >= 0.3 is 0 Å². The molecular formula is C16H23NO2. The number of hydrogen-bond donors (Lipinski definition) is 1. The standard InChI is InChI=1S/C16H23NO2/c1-11-4-3-7-17(10-11)15-8-12-5-6-13(19-2)9-14(12)16(15)18/h5-6,9,11,15-16,18H,3-4,7-8,10H2,1-2H3. The van der Waals surface area contributed by atoms with Gasteiger partial charge < -0.3 is 9.84 Å². The van der Waals surface area contributed by atoms with E-state index in [4.69, 9.17) is 4.74 Å². The molecule has 3 heteroatoms. The number of likely N-dealkylation sites (tertiary alicyclic amines) is 1. The van der Waals surface area contributed by atoms with Gasteiger partial charge in [0.1, 0.15) is 5.75 Å². The molecule has 1 N–H and O–H groups in total. The lowest BCUT2D eigenvalue weighted by atomic mass is 9.97. The zero-order valence-corrected chi connectivity index (χ0v) is 11.8. The maximum Gasteiger partial charge on any atom is 0.119 e. The summed E-state index contributed by atoms with van der Waals surface area (Å²) in [5, 5.41) is 10.6. The Balaban J connectivity index is 1.80. The summed E-state index contributed by atoms with van der Waals surface area (Å²) in [7, 11) is 1.67. The highest BCUT2D eigenvalue weighted by molar-refractivity contribution is 5.41. The summed E-state index contributed by atoms with van der Waals surface area (Å²) in [5.74, 6) is 1.59. The lowest BCUT2D eigenvalue weighted by molar-refractivity contribution is 0.0369. The fraction of sp³-hybridized carbons (Fsp3) is 0.625. The zero-order valence-electron chi connectivity index (χ0n) is 11.8. The molecule has 3 rings (SSSR count). The largest absolute Gasteiger partial charge is 0.497 e. The number of rotatable bonds is 2. The molecule has 0 amide bonds. The molecule has 0 saturated carbocycles. The second-order valence-corrected chi connectivity index (χ2v) is 6.02. The number of fused-ring (bicyclic) bond motifs is 1. The van der Waals surface area contributed by atoms with Crippen LogP contribution >= 0.6 is 0 Å². The van der Waals surface area contributed by atoms with E-state index in [9.17, 15) is 5.11 Å².